The summed E-state index contributed by atoms with van der Waals surface area (Å²) in [6.45, 7) is 5.70. The Morgan fingerprint density at radius 2 is 1.85 bits per heavy atom. The summed E-state index contributed by atoms with van der Waals surface area (Å²) in [6.07, 6.45) is 1.27. The minimum Gasteiger partial charge on any atom is -0.467 e. The van der Waals surface area contributed by atoms with Crippen LogP contribution in [-0.2, 0) is 14.3 Å². The van der Waals surface area contributed by atoms with Crippen molar-refractivity contribution < 1.29 is 19.1 Å². The van der Waals surface area contributed by atoms with E-state index in [1.165, 1.54) is 12.0 Å². The highest BCUT2D eigenvalue weighted by atomic mass is 32.1. The van der Waals surface area contributed by atoms with Crippen LogP contribution in [0.25, 0.3) is 16.7 Å². The quantitative estimate of drug-likeness (QED) is 0.725. The molecule has 0 fully saturated rings. The van der Waals surface area contributed by atoms with E-state index in [2.05, 4.69) is 6.07 Å². The number of ether oxygens (including phenoxy) is 2. The van der Waals surface area contributed by atoms with Crippen LogP contribution in [0.2, 0.25) is 0 Å². The summed E-state index contributed by atoms with van der Waals surface area (Å²) in [5.41, 5.74) is 2.46. The van der Waals surface area contributed by atoms with E-state index in [1.807, 2.05) is 35.7 Å². The molecule has 27 heavy (non-hydrogen) atoms. The maximum Gasteiger partial charge on any atom is 0.411 e. The maximum atomic E-state index is 12.6. The van der Waals surface area contributed by atoms with Crippen molar-refractivity contribution in [3.05, 3.63) is 52.7 Å². The summed E-state index contributed by atoms with van der Waals surface area (Å²) in [6, 6.07) is 11.3. The minimum atomic E-state index is -0.787. The van der Waals surface area contributed by atoms with E-state index in [9.17, 15) is 9.59 Å². The first kappa shape index (κ1) is 19.2. The summed E-state index contributed by atoms with van der Waals surface area (Å²) in [5, 5.41) is 2.02. The van der Waals surface area contributed by atoms with Gasteiger partial charge in [0.1, 0.15) is 5.60 Å². The van der Waals surface area contributed by atoms with Gasteiger partial charge in [0.25, 0.3) is 0 Å². The predicted molar refractivity (Wildman–Crippen MR) is 106 cm³/mol. The first-order chi connectivity index (χ1) is 12.8. The van der Waals surface area contributed by atoms with Crippen molar-refractivity contribution >= 4 is 29.0 Å². The zero-order chi connectivity index (χ0) is 19.6. The normalized spacial score (nSPS) is 16.8. The van der Waals surface area contributed by atoms with Gasteiger partial charge in [-0.2, -0.15) is 0 Å². The van der Waals surface area contributed by atoms with E-state index in [1.54, 1.807) is 38.2 Å². The lowest BCUT2D eigenvalue weighted by atomic mass is 10.0. The van der Waals surface area contributed by atoms with Crippen molar-refractivity contribution in [1.82, 2.24) is 4.90 Å². The molecule has 142 valence electrons. The molecule has 0 aliphatic carbocycles. The smallest absolute Gasteiger partial charge is 0.411 e. The summed E-state index contributed by atoms with van der Waals surface area (Å²) >= 11 is 1.59. The fourth-order valence-corrected chi connectivity index (χ4v) is 3.92. The standard InChI is InChI=1S/C21H23NO4S/c1-21(2,3)26-20(24)22-13-15(12-17(22)19(23)25-4)18-16(10-11-27-18)14-8-6-5-7-9-14/h5-12,17H,13H2,1-4H3/t17-/m0/s1. The van der Waals surface area contributed by atoms with Crippen molar-refractivity contribution in [1.29, 1.82) is 0 Å². The molecule has 1 aliphatic heterocycles. The van der Waals surface area contributed by atoms with Crippen molar-refractivity contribution in [2.24, 2.45) is 0 Å². The van der Waals surface area contributed by atoms with E-state index < -0.39 is 23.7 Å². The zero-order valence-electron chi connectivity index (χ0n) is 15.9. The number of carbonyl (C=O) groups is 2. The van der Waals surface area contributed by atoms with E-state index in [0.717, 1.165) is 21.6 Å². The van der Waals surface area contributed by atoms with Crippen LogP contribution in [0.15, 0.2) is 47.9 Å². The Kier molecular flexibility index (Phi) is 5.37. The van der Waals surface area contributed by atoms with Crippen LogP contribution in [0, 0.1) is 0 Å². The number of nitrogens with zero attached hydrogens (tertiary/aromatic N) is 1. The van der Waals surface area contributed by atoms with Gasteiger partial charge >= 0.3 is 12.1 Å². The molecule has 1 aliphatic rings. The third kappa shape index (κ3) is 4.22. The molecule has 5 nitrogen and oxygen atoms in total. The third-order valence-corrected chi connectivity index (χ3v) is 5.14. The Morgan fingerprint density at radius 1 is 1.15 bits per heavy atom. The zero-order valence-corrected chi connectivity index (χ0v) is 16.7. The van der Waals surface area contributed by atoms with Crippen LogP contribution < -0.4 is 0 Å². The summed E-state index contributed by atoms with van der Waals surface area (Å²) < 4.78 is 10.4. The number of thiophene rings is 1. The number of methoxy groups -OCH3 is 1. The second-order valence-electron chi connectivity index (χ2n) is 7.30. The number of benzene rings is 1. The number of hydrogen-bond acceptors (Lipinski definition) is 5. The topological polar surface area (TPSA) is 55.8 Å². The van der Waals surface area contributed by atoms with Crippen molar-refractivity contribution in [3.8, 4) is 11.1 Å². The van der Waals surface area contributed by atoms with Gasteiger partial charge in [0.2, 0.25) is 0 Å². The van der Waals surface area contributed by atoms with Crippen molar-refractivity contribution in [3.63, 3.8) is 0 Å². The first-order valence-electron chi connectivity index (χ1n) is 8.71. The fourth-order valence-electron chi connectivity index (χ4n) is 2.98. The van der Waals surface area contributed by atoms with Gasteiger partial charge in [-0.3, -0.25) is 4.90 Å². The maximum absolute atomic E-state index is 12.6. The van der Waals surface area contributed by atoms with E-state index >= 15 is 0 Å². The van der Waals surface area contributed by atoms with Gasteiger partial charge < -0.3 is 9.47 Å². The third-order valence-electron chi connectivity index (χ3n) is 4.15. The number of hydrogen-bond donors (Lipinski definition) is 0. The van der Waals surface area contributed by atoms with Gasteiger partial charge in [0, 0.05) is 10.4 Å². The second-order valence-corrected chi connectivity index (χ2v) is 8.21. The molecule has 0 saturated heterocycles. The van der Waals surface area contributed by atoms with Crippen LogP contribution in [-0.4, -0.2) is 42.3 Å². The molecule has 0 bridgehead atoms. The van der Waals surface area contributed by atoms with Crippen LogP contribution in [0.4, 0.5) is 4.79 Å². The summed E-state index contributed by atoms with van der Waals surface area (Å²) in [4.78, 5) is 27.3. The lowest BCUT2D eigenvalue weighted by molar-refractivity contribution is -0.144. The largest absolute Gasteiger partial charge is 0.467 e. The Balaban J connectivity index is 1.93. The summed E-state index contributed by atoms with van der Waals surface area (Å²) in [7, 11) is 1.32. The molecular formula is C21H23NO4S. The monoisotopic (exact) mass is 385 g/mol. The lowest BCUT2D eigenvalue weighted by Crippen LogP contribution is -2.44. The number of esters is 1. The van der Waals surface area contributed by atoms with E-state index in [4.69, 9.17) is 9.47 Å². The minimum absolute atomic E-state index is 0.301. The Morgan fingerprint density at radius 3 is 2.48 bits per heavy atom. The summed E-state index contributed by atoms with van der Waals surface area (Å²) in [5.74, 6) is -0.478. The molecule has 1 aromatic heterocycles. The molecule has 0 radical (unpaired) electrons. The molecule has 3 rings (SSSR count). The van der Waals surface area contributed by atoms with Gasteiger partial charge in [0.05, 0.1) is 13.7 Å². The lowest BCUT2D eigenvalue weighted by Gasteiger charge is -2.27. The highest BCUT2D eigenvalue weighted by Gasteiger charge is 2.38. The highest BCUT2D eigenvalue weighted by Crippen LogP contribution is 2.37. The molecule has 2 heterocycles. The van der Waals surface area contributed by atoms with Gasteiger partial charge in [-0.25, -0.2) is 9.59 Å². The molecule has 2 aromatic rings. The van der Waals surface area contributed by atoms with Crippen LogP contribution in [0.3, 0.4) is 0 Å². The SMILES string of the molecule is COC(=O)[C@@H]1C=C(c2sccc2-c2ccccc2)CN1C(=O)OC(C)(C)C. The Labute approximate surface area is 163 Å². The number of rotatable bonds is 3. The molecule has 6 heteroatoms. The molecule has 0 saturated carbocycles. The number of carbonyl (C=O) groups excluding carboxylic acids is 2. The molecule has 0 spiro atoms. The first-order valence-corrected chi connectivity index (χ1v) is 9.59. The average Bonchev–Trinajstić information content (AvgIpc) is 3.27. The number of amides is 1. The molecule has 1 aromatic carbocycles. The average molecular weight is 385 g/mol. The van der Waals surface area contributed by atoms with Gasteiger partial charge in [-0.05, 0) is 49.4 Å². The predicted octanol–water partition coefficient (Wildman–Crippen LogP) is 4.59. The van der Waals surface area contributed by atoms with E-state index in [-0.39, 0.29) is 0 Å². The van der Waals surface area contributed by atoms with Crippen LogP contribution >= 0.6 is 11.3 Å². The molecule has 1 amide bonds. The van der Waals surface area contributed by atoms with Crippen molar-refractivity contribution in [2.75, 3.05) is 13.7 Å². The highest BCUT2D eigenvalue weighted by molar-refractivity contribution is 7.11. The molecular weight excluding hydrogens is 362 g/mol. The Hall–Kier alpha value is -2.60. The fraction of sp³-hybridized carbons (Fsp3) is 0.333. The molecule has 1 atom stereocenters. The van der Waals surface area contributed by atoms with E-state index in [0.29, 0.717) is 6.54 Å². The Bertz CT molecular complexity index is 864. The van der Waals surface area contributed by atoms with Gasteiger partial charge in [0.15, 0.2) is 6.04 Å². The van der Waals surface area contributed by atoms with Crippen molar-refractivity contribution in [2.45, 2.75) is 32.4 Å². The molecule has 0 unspecified atom stereocenters. The van der Waals surface area contributed by atoms with Crippen LogP contribution in [0.1, 0.15) is 25.6 Å². The van der Waals surface area contributed by atoms with Gasteiger partial charge in [-0.1, -0.05) is 30.3 Å². The second kappa shape index (κ2) is 7.56. The van der Waals surface area contributed by atoms with Gasteiger partial charge in [-0.15, -0.1) is 11.3 Å². The molecule has 0 N–H and O–H groups in total. The van der Waals surface area contributed by atoms with Crippen LogP contribution in [0.5, 0.6) is 0 Å².